The van der Waals surface area contributed by atoms with Crippen LogP contribution in [0.2, 0.25) is 5.02 Å². The monoisotopic (exact) mass is 478 g/mol. The van der Waals surface area contributed by atoms with Gasteiger partial charge < -0.3 is 20.1 Å². The summed E-state index contributed by atoms with van der Waals surface area (Å²) in [5.41, 5.74) is 1.27. The molecule has 1 unspecified atom stereocenters. The molecule has 174 valence electrons. The maximum atomic E-state index is 13.3. The predicted octanol–water partition coefficient (Wildman–Crippen LogP) is 3.10. The number of nitrogens with one attached hydrogen (secondary N) is 3. The molecule has 10 heteroatoms. The van der Waals surface area contributed by atoms with Gasteiger partial charge in [-0.15, -0.1) is 11.3 Å². The number of rotatable bonds is 5. The van der Waals surface area contributed by atoms with Crippen molar-refractivity contribution in [3.8, 4) is 0 Å². The van der Waals surface area contributed by atoms with Crippen molar-refractivity contribution >= 4 is 40.6 Å². The Morgan fingerprint density at radius 1 is 1.16 bits per heavy atom. The van der Waals surface area contributed by atoms with Gasteiger partial charge in [-0.3, -0.25) is 15.1 Å². The Hall–Kier alpha value is -2.36. The van der Waals surface area contributed by atoms with Gasteiger partial charge in [-0.25, -0.2) is 4.79 Å². The van der Waals surface area contributed by atoms with Crippen molar-refractivity contribution < 1.29 is 9.59 Å². The fourth-order valence-electron chi connectivity index (χ4n) is 3.57. The van der Waals surface area contributed by atoms with Crippen LogP contribution in [0.15, 0.2) is 29.6 Å². The average molecular weight is 479 g/mol. The number of carbonyl (C=O) groups excluding carboxylic acids is 2. The second-order valence-electron chi connectivity index (χ2n) is 9.10. The number of hydrogen-bond acceptors (Lipinski definition) is 5. The number of benzene rings is 1. The summed E-state index contributed by atoms with van der Waals surface area (Å²) in [6.45, 7) is 9.32. The maximum Gasteiger partial charge on any atom is 0.319 e. The number of piperazine rings is 1. The summed E-state index contributed by atoms with van der Waals surface area (Å²) < 4.78 is 1.89. The molecule has 32 heavy (non-hydrogen) atoms. The van der Waals surface area contributed by atoms with E-state index in [1.807, 2.05) is 42.7 Å². The van der Waals surface area contributed by atoms with Gasteiger partial charge in [-0.2, -0.15) is 0 Å². The third kappa shape index (κ3) is 6.11. The van der Waals surface area contributed by atoms with Gasteiger partial charge in [0.1, 0.15) is 6.04 Å². The summed E-state index contributed by atoms with van der Waals surface area (Å²) in [6, 6.07) is 5.75. The van der Waals surface area contributed by atoms with Gasteiger partial charge in [-0.05, 0) is 29.7 Å². The normalized spacial score (nSPS) is 16.0. The summed E-state index contributed by atoms with van der Waals surface area (Å²) >= 11 is 7.32. The minimum Gasteiger partial charge on any atom is -0.338 e. The molecule has 3 amide bonds. The number of nitrogens with zero attached hydrogens (tertiary/aromatic N) is 3. The number of halogens is 1. The topological polar surface area (TPSA) is 93.5 Å². The lowest BCUT2D eigenvalue weighted by molar-refractivity contribution is -0.137. The molecule has 3 rings (SSSR count). The van der Waals surface area contributed by atoms with Crippen LogP contribution in [0.25, 0.3) is 0 Å². The molecule has 1 atom stereocenters. The number of hydrogen-bond donors (Lipinski definition) is 3. The van der Waals surface area contributed by atoms with Crippen molar-refractivity contribution in [2.75, 3.05) is 31.5 Å². The molecule has 1 aromatic heterocycles. The number of amides is 3. The van der Waals surface area contributed by atoms with Crippen molar-refractivity contribution in [2.24, 2.45) is 12.5 Å². The number of carbonyl (C=O) groups is 2. The van der Waals surface area contributed by atoms with Gasteiger partial charge in [0.05, 0.1) is 0 Å². The highest BCUT2D eigenvalue weighted by atomic mass is 35.5. The van der Waals surface area contributed by atoms with Crippen LogP contribution < -0.4 is 15.4 Å². The van der Waals surface area contributed by atoms with Crippen molar-refractivity contribution in [2.45, 2.75) is 33.4 Å². The van der Waals surface area contributed by atoms with Crippen LogP contribution in [-0.2, 0) is 18.4 Å². The zero-order chi connectivity index (χ0) is 23.5. The first-order valence-electron chi connectivity index (χ1n) is 10.6. The zero-order valence-electron chi connectivity index (χ0n) is 18.9. The third-order valence-corrected chi connectivity index (χ3v) is 6.74. The van der Waals surface area contributed by atoms with Crippen molar-refractivity contribution in [1.82, 2.24) is 19.7 Å². The minimum absolute atomic E-state index is 0.0714. The molecule has 0 bridgehead atoms. The van der Waals surface area contributed by atoms with Gasteiger partial charge in [0, 0.05) is 61.6 Å². The van der Waals surface area contributed by atoms with E-state index in [9.17, 15) is 9.59 Å². The van der Waals surface area contributed by atoms with Gasteiger partial charge >= 0.3 is 6.03 Å². The summed E-state index contributed by atoms with van der Waals surface area (Å²) in [7, 11) is 1.91. The first-order chi connectivity index (χ1) is 15.0. The zero-order valence-corrected chi connectivity index (χ0v) is 20.5. The molecule has 1 saturated heterocycles. The Balaban J connectivity index is 1.58. The molecule has 3 N–H and O–H groups in total. The maximum absolute atomic E-state index is 13.3. The van der Waals surface area contributed by atoms with E-state index in [0.717, 1.165) is 25.3 Å². The molecule has 2 heterocycles. The third-order valence-electron chi connectivity index (χ3n) is 5.60. The van der Waals surface area contributed by atoms with Crippen LogP contribution in [0.4, 0.5) is 10.5 Å². The SMILES string of the molecule is Cn1c(CN2CCN(C(=O)C(NC(=O)Nc3ccc(Cl)cc3)C(C)(C)C)CC2)csc1=N. The molecule has 1 aliphatic heterocycles. The van der Waals surface area contributed by atoms with E-state index < -0.39 is 17.5 Å². The van der Waals surface area contributed by atoms with Crippen molar-refractivity contribution in [3.63, 3.8) is 0 Å². The van der Waals surface area contributed by atoms with E-state index in [1.165, 1.54) is 11.3 Å². The number of urea groups is 1. The van der Waals surface area contributed by atoms with Crippen LogP contribution in [0.5, 0.6) is 0 Å². The quantitative estimate of drug-likeness (QED) is 0.616. The van der Waals surface area contributed by atoms with Crippen molar-refractivity contribution in [3.05, 3.63) is 45.2 Å². The van der Waals surface area contributed by atoms with E-state index in [4.69, 9.17) is 17.0 Å². The smallest absolute Gasteiger partial charge is 0.319 e. The van der Waals surface area contributed by atoms with Gasteiger partial charge in [0.2, 0.25) is 5.91 Å². The summed E-state index contributed by atoms with van der Waals surface area (Å²) in [5, 5.41) is 16.1. The van der Waals surface area contributed by atoms with E-state index in [1.54, 1.807) is 24.3 Å². The summed E-state index contributed by atoms with van der Waals surface area (Å²) in [6.07, 6.45) is 0. The Morgan fingerprint density at radius 3 is 2.31 bits per heavy atom. The molecule has 0 aliphatic carbocycles. The molecule has 2 aromatic rings. The van der Waals surface area contributed by atoms with Gasteiger partial charge in [0.25, 0.3) is 0 Å². The highest BCUT2D eigenvalue weighted by Gasteiger charge is 2.36. The standard InChI is InChI=1S/C22H31ClN6O2S/c1-22(2,3)18(26-21(31)25-16-7-5-15(23)6-8-16)19(30)29-11-9-28(10-12-29)13-17-14-32-20(24)27(17)4/h5-8,14,18,24H,9-13H2,1-4H3,(H2,25,26,31). The Morgan fingerprint density at radius 2 is 1.78 bits per heavy atom. The Kier molecular flexibility index (Phi) is 7.63. The summed E-state index contributed by atoms with van der Waals surface area (Å²) in [4.78, 5) is 30.6. The van der Waals surface area contributed by atoms with Crippen molar-refractivity contribution in [1.29, 1.82) is 5.41 Å². The summed E-state index contributed by atoms with van der Waals surface area (Å²) in [5.74, 6) is -0.0714. The van der Waals surface area contributed by atoms with E-state index in [-0.39, 0.29) is 5.91 Å². The lowest BCUT2D eigenvalue weighted by atomic mass is 9.85. The first-order valence-corrected chi connectivity index (χ1v) is 11.8. The number of anilines is 1. The second-order valence-corrected chi connectivity index (χ2v) is 10.4. The number of aromatic nitrogens is 1. The molecule has 0 spiro atoms. The number of thiazole rings is 1. The fraction of sp³-hybridized carbons (Fsp3) is 0.500. The van der Waals surface area contributed by atoms with E-state index in [0.29, 0.717) is 28.6 Å². The van der Waals surface area contributed by atoms with Crippen LogP contribution in [0.1, 0.15) is 26.5 Å². The largest absolute Gasteiger partial charge is 0.338 e. The lowest BCUT2D eigenvalue weighted by Gasteiger charge is -2.39. The highest BCUT2D eigenvalue weighted by molar-refractivity contribution is 7.07. The molecular formula is C22H31ClN6O2S. The van der Waals surface area contributed by atoms with Gasteiger partial charge in [-0.1, -0.05) is 32.4 Å². The molecule has 1 fully saturated rings. The minimum atomic E-state index is -0.651. The molecule has 1 aromatic carbocycles. The van der Waals surface area contributed by atoms with E-state index in [2.05, 4.69) is 15.5 Å². The lowest BCUT2D eigenvalue weighted by Crippen LogP contribution is -2.59. The van der Waals surface area contributed by atoms with Crippen LogP contribution >= 0.6 is 22.9 Å². The van der Waals surface area contributed by atoms with Crippen LogP contribution in [0.3, 0.4) is 0 Å². The van der Waals surface area contributed by atoms with E-state index >= 15 is 0 Å². The van der Waals surface area contributed by atoms with Crippen LogP contribution in [-0.4, -0.2) is 58.5 Å². The first kappa shape index (κ1) is 24.3. The second kappa shape index (κ2) is 10.1. The highest BCUT2D eigenvalue weighted by Crippen LogP contribution is 2.23. The predicted molar refractivity (Wildman–Crippen MR) is 128 cm³/mol. The molecule has 1 aliphatic rings. The average Bonchev–Trinajstić information content (AvgIpc) is 3.05. The molecule has 0 saturated carbocycles. The molecule has 8 nitrogen and oxygen atoms in total. The molecule has 0 radical (unpaired) electrons. The Bertz CT molecular complexity index is 1000. The van der Waals surface area contributed by atoms with Crippen LogP contribution in [0, 0.1) is 10.8 Å². The fourth-order valence-corrected chi connectivity index (χ4v) is 4.46. The van der Waals surface area contributed by atoms with Gasteiger partial charge in [0.15, 0.2) is 4.80 Å². The molecular weight excluding hydrogens is 448 g/mol. The Labute approximate surface area is 197 Å².